The Morgan fingerprint density at radius 3 is 2.36 bits per heavy atom. The van der Waals surface area contributed by atoms with Gasteiger partial charge in [-0.05, 0) is 29.8 Å². The monoisotopic (exact) mass is 290 g/mol. The van der Waals surface area contributed by atoms with E-state index in [-0.39, 0.29) is 18.4 Å². The maximum atomic E-state index is 12.2. The maximum Gasteiger partial charge on any atom is 0.416 e. The molecule has 108 valence electrons. The zero-order chi connectivity index (χ0) is 14.9. The van der Waals surface area contributed by atoms with Gasteiger partial charge in [0.1, 0.15) is 0 Å². The van der Waals surface area contributed by atoms with Crippen LogP contribution in [0.4, 0.5) is 10.5 Å². The first kappa shape index (κ1) is 12.8. The molecule has 2 atom stereocenters. The van der Waals surface area contributed by atoms with Crippen molar-refractivity contribution >= 4 is 17.5 Å². The SMILES string of the molecule is O=C1O[C@H]2C=CC(c3ccccc3)=N[C@H]2N1c1ccccc1. The predicted octanol–water partition coefficient (Wildman–Crippen LogP) is 3.40. The van der Waals surface area contributed by atoms with Crippen molar-refractivity contribution in [2.45, 2.75) is 12.3 Å². The van der Waals surface area contributed by atoms with Gasteiger partial charge in [-0.1, -0.05) is 48.5 Å². The largest absolute Gasteiger partial charge is 0.437 e. The molecule has 0 aliphatic carbocycles. The van der Waals surface area contributed by atoms with E-state index in [0.29, 0.717) is 0 Å². The number of benzene rings is 2. The Bertz CT molecular complexity index is 753. The highest BCUT2D eigenvalue weighted by Gasteiger charge is 2.42. The van der Waals surface area contributed by atoms with Gasteiger partial charge in [0, 0.05) is 5.69 Å². The van der Waals surface area contributed by atoms with Crippen LogP contribution in [0.1, 0.15) is 5.56 Å². The number of fused-ring (bicyclic) bond motifs is 1. The van der Waals surface area contributed by atoms with Gasteiger partial charge in [-0.3, -0.25) is 9.89 Å². The normalized spacial score (nSPS) is 23.0. The summed E-state index contributed by atoms with van der Waals surface area (Å²) < 4.78 is 5.41. The van der Waals surface area contributed by atoms with E-state index in [4.69, 9.17) is 9.73 Å². The van der Waals surface area contributed by atoms with Crippen molar-refractivity contribution in [1.29, 1.82) is 0 Å². The summed E-state index contributed by atoms with van der Waals surface area (Å²) in [5.41, 5.74) is 2.69. The Hall–Kier alpha value is -2.88. The number of amides is 1. The van der Waals surface area contributed by atoms with Gasteiger partial charge >= 0.3 is 6.09 Å². The van der Waals surface area contributed by atoms with Crippen molar-refractivity contribution in [3.63, 3.8) is 0 Å². The third-order valence-corrected chi connectivity index (χ3v) is 3.81. The fourth-order valence-electron chi connectivity index (χ4n) is 2.76. The average molecular weight is 290 g/mol. The second-order valence-corrected chi connectivity index (χ2v) is 5.21. The molecule has 2 aromatic rings. The summed E-state index contributed by atoms with van der Waals surface area (Å²) in [5.74, 6) is 0. The molecule has 0 radical (unpaired) electrons. The number of ether oxygens (including phenoxy) is 1. The lowest BCUT2D eigenvalue weighted by Crippen LogP contribution is -2.36. The van der Waals surface area contributed by atoms with Crippen LogP contribution in [0.15, 0.2) is 77.8 Å². The summed E-state index contributed by atoms with van der Waals surface area (Å²) in [6.45, 7) is 0. The van der Waals surface area contributed by atoms with Crippen molar-refractivity contribution in [3.8, 4) is 0 Å². The molecule has 2 aliphatic rings. The number of allylic oxidation sites excluding steroid dienone is 1. The molecule has 4 heteroatoms. The Labute approximate surface area is 128 Å². The van der Waals surface area contributed by atoms with Gasteiger partial charge in [0.2, 0.25) is 0 Å². The summed E-state index contributed by atoms with van der Waals surface area (Å²) in [7, 11) is 0. The van der Waals surface area contributed by atoms with E-state index >= 15 is 0 Å². The van der Waals surface area contributed by atoms with E-state index in [1.807, 2.05) is 72.8 Å². The van der Waals surface area contributed by atoms with Crippen LogP contribution in [0.5, 0.6) is 0 Å². The van der Waals surface area contributed by atoms with Gasteiger partial charge in [-0.2, -0.15) is 0 Å². The zero-order valence-corrected chi connectivity index (χ0v) is 11.8. The van der Waals surface area contributed by atoms with Gasteiger partial charge in [-0.15, -0.1) is 0 Å². The molecule has 1 amide bonds. The minimum absolute atomic E-state index is 0.333. The van der Waals surface area contributed by atoms with Crippen molar-refractivity contribution in [1.82, 2.24) is 0 Å². The highest BCUT2D eigenvalue weighted by atomic mass is 16.6. The number of carbonyl (C=O) groups is 1. The Morgan fingerprint density at radius 2 is 1.64 bits per heavy atom. The van der Waals surface area contributed by atoms with Gasteiger partial charge in [-0.25, -0.2) is 4.79 Å². The summed E-state index contributed by atoms with van der Waals surface area (Å²) in [5, 5.41) is 0. The van der Waals surface area contributed by atoms with E-state index in [0.717, 1.165) is 17.0 Å². The molecule has 0 saturated carbocycles. The van der Waals surface area contributed by atoms with Crippen molar-refractivity contribution in [2.75, 3.05) is 4.90 Å². The van der Waals surface area contributed by atoms with Gasteiger partial charge in [0.15, 0.2) is 12.3 Å². The number of para-hydroxylation sites is 1. The molecule has 0 unspecified atom stereocenters. The smallest absolute Gasteiger partial charge is 0.416 e. The van der Waals surface area contributed by atoms with E-state index in [1.54, 1.807) is 4.90 Å². The Balaban J connectivity index is 1.73. The molecular weight excluding hydrogens is 276 g/mol. The van der Waals surface area contributed by atoms with Crippen LogP contribution in [-0.2, 0) is 4.74 Å². The summed E-state index contributed by atoms with van der Waals surface area (Å²) in [6, 6.07) is 19.4. The first-order valence-electron chi connectivity index (χ1n) is 7.19. The predicted molar refractivity (Wildman–Crippen MR) is 85.1 cm³/mol. The lowest BCUT2D eigenvalue weighted by molar-refractivity contribution is 0.154. The fourth-order valence-corrected chi connectivity index (χ4v) is 2.76. The highest BCUT2D eigenvalue weighted by Crippen LogP contribution is 2.30. The molecule has 1 saturated heterocycles. The molecule has 0 spiro atoms. The number of nitrogens with zero attached hydrogens (tertiary/aromatic N) is 2. The van der Waals surface area contributed by atoms with Crippen molar-refractivity contribution in [2.24, 2.45) is 4.99 Å². The molecular formula is C18H14N2O2. The topological polar surface area (TPSA) is 41.9 Å². The molecule has 0 aromatic heterocycles. The van der Waals surface area contributed by atoms with E-state index in [1.165, 1.54) is 0 Å². The highest BCUT2D eigenvalue weighted by molar-refractivity contribution is 6.10. The second-order valence-electron chi connectivity index (χ2n) is 5.21. The average Bonchev–Trinajstić information content (AvgIpc) is 2.91. The Kier molecular flexibility index (Phi) is 3.00. The lowest BCUT2D eigenvalue weighted by atomic mass is 10.1. The lowest BCUT2D eigenvalue weighted by Gasteiger charge is -2.23. The third-order valence-electron chi connectivity index (χ3n) is 3.81. The number of dihydropyridines is 1. The summed E-state index contributed by atoms with van der Waals surface area (Å²) in [4.78, 5) is 18.5. The van der Waals surface area contributed by atoms with E-state index < -0.39 is 0 Å². The molecule has 2 heterocycles. The van der Waals surface area contributed by atoms with Crippen LogP contribution in [-0.4, -0.2) is 24.1 Å². The maximum absolute atomic E-state index is 12.2. The first-order valence-corrected chi connectivity index (χ1v) is 7.19. The summed E-state index contributed by atoms with van der Waals surface area (Å²) >= 11 is 0. The van der Waals surface area contributed by atoms with E-state index in [9.17, 15) is 4.79 Å². The van der Waals surface area contributed by atoms with Crippen LogP contribution < -0.4 is 4.90 Å². The molecule has 0 N–H and O–H groups in total. The summed E-state index contributed by atoms with van der Waals surface area (Å²) in [6.07, 6.45) is 2.78. The third kappa shape index (κ3) is 2.09. The van der Waals surface area contributed by atoms with Gasteiger partial charge in [0.05, 0.1) is 5.71 Å². The quantitative estimate of drug-likeness (QED) is 0.850. The molecule has 1 fully saturated rings. The number of rotatable bonds is 2. The standard InChI is InChI=1S/C18H14N2O2/c21-18-20(14-9-5-2-6-10-14)17-16(22-18)12-11-15(19-17)13-7-3-1-4-8-13/h1-12,16-17H/t16-,17-/m0/s1. The van der Waals surface area contributed by atoms with Crippen LogP contribution >= 0.6 is 0 Å². The molecule has 4 nitrogen and oxygen atoms in total. The van der Waals surface area contributed by atoms with Crippen LogP contribution in [0.2, 0.25) is 0 Å². The van der Waals surface area contributed by atoms with Gasteiger partial charge < -0.3 is 4.74 Å². The fraction of sp³-hybridized carbons (Fsp3) is 0.111. The Morgan fingerprint density at radius 1 is 0.955 bits per heavy atom. The number of carbonyl (C=O) groups excluding carboxylic acids is 1. The number of hydrogen-bond donors (Lipinski definition) is 0. The molecule has 4 rings (SSSR count). The second kappa shape index (κ2) is 5.15. The molecule has 2 aliphatic heterocycles. The van der Waals surface area contributed by atoms with Crippen LogP contribution in [0.3, 0.4) is 0 Å². The van der Waals surface area contributed by atoms with E-state index in [2.05, 4.69) is 0 Å². The minimum Gasteiger partial charge on any atom is -0.437 e. The van der Waals surface area contributed by atoms with Crippen LogP contribution in [0.25, 0.3) is 0 Å². The van der Waals surface area contributed by atoms with Gasteiger partial charge in [0.25, 0.3) is 0 Å². The van der Waals surface area contributed by atoms with Crippen LogP contribution in [0, 0.1) is 0 Å². The minimum atomic E-state index is -0.357. The molecule has 0 bridgehead atoms. The number of hydrogen-bond acceptors (Lipinski definition) is 3. The first-order chi connectivity index (χ1) is 10.8. The zero-order valence-electron chi connectivity index (χ0n) is 11.8. The molecule has 22 heavy (non-hydrogen) atoms. The number of aliphatic imine (C=N–C) groups is 1. The van der Waals surface area contributed by atoms with Crippen molar-refractivity contribution < 1.29 is 9.53 Å². The molecule has 2 aromatic carbocycles. The van der Waals surface area contributed by atoms with Crippen molar-refractivity contribution in [3.05, 3.63) is 78.4 Å². The number of anilines is 1.